The second kappa shape index (κ2) is 9.51. The molecule has 4 rings (SSSR count). The Morgan fingerprint density at radius 2 is 1.67 bits per heavy atom. The Balaban J connectivity index is 1.32. The second-order valence-corrected chi connectivity index (χ2v) is 9.07. The molecule has 1 fully saturated rings. The van der Waals surface area contributed by atoms with E-state index in [1.54, 1.807) is 11.8 Å². The number of hydrogen-bond donors (Lipinski definition) is 0. The largest absolute Gasteiger partial charge is 0.489 e. The fourth-order valence-corrected chi connectivity index (χ4v) is 4.49. The number of thioether (sulfide) groups is 1. The molecular formula is C26H23F3O3S. The van der Waals surface area contributed by atoms with Crippen molar-refractivity contribution in [2.75, 3.05) is 7.11 Å². The molecule has 0 N–H and O–H groups in total. The normalized spacial score (nSPS) is 14.5. The van der Waals surface area contributed by atoms with Gasteiger partial charge in [0.05, 0.1) is 18.1 Å². The van der Waals surface area contributed by atoms with E-state index >= 15 is 0 Å². The molecule has 0 radical (unpaired) electrons. The minimum absolute atomic E-state index is 0.170. The monoisotopic (exact) mass is 472 g/mol. The molecule has 0 atom stereocenters. The lowest BCUT2D eigenvalue weighted by atomic mass is 9.96. The number of hydrogen-bond acceptors (Lipinski definition) is 4. The summed E-state index contributed by atoms with van der Waals surface area (Å²) < 4.78 is 48.8. The van der Waals surface area contributed by atoms with Crippen molar-refractivity contribution in [3.05, 3.63) is 95.1 Å². The van der Waals surface area contributed by atoms with Gasteiger partial charge in [-0.2, -0.15) is 13.2 Å². The van der Waals surface area contributed by atoms with Gasteiger partial charge in [-0.3, -0.25) is 4.79 Å². The summed E-state index contributed by atoms with van der Waals surface area (Å²) in [5.41, 5.74) is 1.61. The first-order valence-corrected chi connectivity index (χ1v) is 11.5. The maximum atomic E-state index is 12.7. The maximum absolute atomic E-state index is 12.7. The van der Waals surface area contributed by atoms with Crippen LogP contribution in [0.25, 0.3) is 0 Å². The highest BCUT2D eigenvalue weighted by Gasteiger charge is 2.52. The summed E-state index contributed by atoms with van der Waals surface area (Å²) in [6.45, 7) is 0.193. The zero-order valence-corrected chi connectivity index (χ0v) is 18.8. The highest BCUT2D eigenvalue weighted by atomic mass is 32.2. The van der Waals surface area contributed by atoms with Crippen molar-refractivity contribution in [1.82, 2.24) is 0 Å². The maximum Gasteiger partial charge on any atom is 0.416 e. The predicted octanol–water partition coefficient (Wildman–Crippen LogP) is 6.78. The van der Waals surface area contributed by atoms with E-state index in [0.717, 1.165) is 46.7 Å². The summed E-state index contributed by atoms with van der Waals surface area (Å²) in [5, 5.41) is 0. The number of carbonyl (C=O) groups is 1. The molecule has 0 spiro atoms. The van der Waals surface area contributed by atoms with Gasteiger partial charge in [-0.15, -0.1) is 11.8 Å². The lowest BCUT2D eigenvalue weighted by molar-refractivity contribution is -0.143. The smallest absolute Gasteiger partial charge is 0.416 e. The lowest BCUT2D eigenvalue weighted by Gasteiger charge is -2.13. The first-order chi connectivity index (χ1) is 15.8. The van der Waals surface area contributed by atoms with Crippen molar-refractivity contribution < 1.29 is 27.4 Å². The molecule has 0 unspecified atom stereocenters. The highest BCUT2D eigenvalue weighted by Crippen LogP contribution is 2.49. The van der Waals surface area contributed by atoms with Gasteiger partial charge >= 0.3 is 12.1 Å². The van der Waals surface area contributed by atoms with Crippen molar-refractivity contribution >= 4 is 17.7 Å². The van der Waals surface area contributed by atoms with Crippen LogP contribution in [-0.4, -0.2) is 13.1 Å². The molecule has 0 aromatic heterocycles. The number of methoxy groups -OCH3 is 1. The van der Waals surface area contributed by atoms with E-state index in [9.17, 15) is 18.0 Å². The molecule has 1 saturated carbocycles. The topological polar surface area (TPSA) is 35.5 Å². The van der Waals surface area contributed by atoms with Crippen LogP contribution in [0.15, 0.2) is 77.7 Å². The molecular weight excluding hydrogens is 449 g/mol. The summed E-state index contributed by atoms with van der Waals surface area (Å²) in [6, 6.07) is 20.7. The number of halogens is 3. The van der Waals surface area contributed by atoms with E-state index in [4.69, 9.17) is 9.47 Å². The molecule has 172 valence electrons. The van der Waals surface area contributed by atoms with Crippen molar-refractivity contribution in [2.45, 2.75) is 41.7 Å². The summed E-state index contributed by atoms with van der Waals surface area (Å²) >= 11 is 1.68. The zero-order valence-electron chi connectivity index (χ0n) is 18.0. The van der Waals surface area contributed by atoms with E-state index in [1.807, 2.05) is 48.5 Å². The molecule has 0 heterocycles. The van der Waals surface area contributed by atoms with Gasteiger partial charge in [0.15, 0.2) is 0 Å². The Morgan fingerprint density at radius 1 is 0.970 bits per heavy atom. The van der Waals surface area contributed by atoms with Crippen LogP contribution in [0.4, 0.5) is 13.2 Å². The third-order valence-electron chi connectivity index (χ3n) is 5.72. The summed E-state index contributed by atoms with van der Waals surface area (Å²) in [5.74, 6) is 1.23. The van der Waals surface area contributed by atoms with Crippen LogP contribution in [0.5, 0.6) is 5.75 Å². The Labute approximate surface area is 194 Å². The number of esters is 1. The van der Waals surface area contributed by atoms with Gasteiger partial charge in [0, 0.05) is 10.6 Å². The van der Waals surface area contributed by atoms with Gasteiger partial charge in [0.25, 0.3) is 0 Å². The summed E-state index contributed by atoms with van der Waals surface area (Å²) in [4.78, 5) is 13.1. The van der Waals surface area contributed by atoms with Gasteiger partial charge in [-0.25, -0.2) is 0 Å². The number of ether oxygens (including phenoxy) is 2. The SMILES string of the molecule is COC(=O)C1(c2ccc(SCc3cccc(OCc4ccc(C(F)(F)F)cc4)c3)cc2)CC1. The number of rotatable bonds is 8. The Bertz CT molecular complexity index is 1100. The van der Waals surface area contributed by atoms with Crippen molar-refractivity contribution in [2.24, 2.45) is 0 Å². The minimum Gasteiger partial charge on any atom is -0.489 e. The average molecular weight is 473 g/mol. The van der Waals surface area contributed by atoms with Crippen LogP contribution in [-0.2, 0) is 33.5 Å². The predicted molar refractivity (Wildman–Crippen MR) is 121 cm³/mol. The number of benzene rings is 3. The molecule has 1 aliphatic rings. The summed E-state index contributed by atoms with van der Waals surface area (Å²) in [7, 11) is 1.42. The van der Waals surface area contributed by atoms with Crippen molar-refractivity contribution in [3.8, 4) is 5.75 Å². The molecule has 3 aromatic carbocycles. The molecule has 3 aromatic rings. The van der Waals surface area contributed by atoms with Crippen molar-refractivity contribution in [3.63, 3.8) is 0 Å². The first-order valence-electron chi connectivity index (χ1n) is 10.5. The second-order valence-electron chi connectivity index (χ2n) is 8.02. The molecule has 33 heavy (non-hydrogen) atoms. The van der Waals surface area contributed by atoms with Gasteiger partial charge in [0.2, 0.25) is 0 Å². The molecule has 7 heteroatoms. The van der Waals surface area contributed by atoms with Gasteiger partial charge in [-0.1, -0.05) is 36.4 Å². The fraction of sp³-hybridized carbons (Fsp3) is 0.269. The van der Waals surface area contributed by atoms with Crippen LogP contribution in [0.3, 0.4) is 0 Å². The standard InChI is InChI=1S/C26H23F3O3S/c1-31-24(30)25(13-14-25)20-9-11-23(12-10-20)33-17-19-3-2-4-22(15-19)32-16-18-5-7-21(8-6-18)26(27,28)29/h2-12,15H,13-14,16-17H2,1H3. The van der Waals surface area contributed by atoms with E-state index < -0.39 is 17.2 Å². The summed E-state index contributed by atoms with van der Waals surface area (Å²) in [6.07, 6.45) is -2.69. The molecule has 3 nitrogen and oxygen atoms in total. The van der Waals surface area contributed by atoms with Crippen LogP contribution in [0, 0.1) is 0 Å². The zero-order chi connectivity index (χ0) is 23.5. The highest BCUT2D eigenvalue weighted by molar-refractivity contribution is 7.98. The number of alkyl halides is 3. The Hall–Kier alpha value is -2.93. The van der Waals surface area contributed by atoms with Gasteiger partial charge in [0.1, 0.15) is 12.4 Å². The van der Waals surface area contributed by atoms with E-state index in [1.165, 1.54) is 19.2 Å². The molecule has 0 bridgehead atoms. The van der Waals surface area contributed by atoms with Crippen LogP contribution in [0.2, 0.25) is 0 Å². The number of carbonyl (C=O) groups excluding carboxylic acids is 1. The molecule has 0 amide bonds. The fourth-order valence-electron chi connectivity index (χ4n) is 3.65. The van der Waals surface area contributed by atoms with E-state index in [-0.39, 0.29) is 12.6 Å². The average Bonchev–Trinajstić information content (AvgIpc) is 3.63. The minimum atomic E-state index is -4.34. The Morgan fingerprint density at radius 3 is 2.27 bits per heavy atom. The molecule has 1 aliphatic carbocycles. The van der Waals surface area contributed by atoms with E-state index in [2.05, 4.69) is 0 Å². The van der Waals surface area contributed by atoms with Gasteiger partial charge in [-0.05, 0) is 65.9 Å². The quantitative estimate of drug-likeness (QED) is 0.267. The van der Waals surface area contributed by atoms with Gasteiger partial charge < -0.3 is 9.47 Å². The lowest BCUT2D eigenvalue weighted by Crippen LogP contribution is -2.21. The first kappa shape index (κ1) is 23.2. The van der Waals surface area contributed by atoms with E-state index in [0.29, 0.717) is 11.3 Å². The van der Waals surface area contributed by atoms with Crippen LogP contribution >= 0.6 is 11.8 Å². The van der Waals surface area contributed by atoms with Crippen LogP contribution in [0.1, 0.15) is 35.1 Å². The molecule has 0 saturated heterocycles. The molecule has 0 aliphatic heterocycles. The van der Waals surface area contributed by atoms with Crippen LogP contribution < -0.4 is 4.74 Å². The third kappa shape index (κ3) is 5.53. The Kier molecular flexibility index (Phi) is 6.70. The third-order valence-corrected chi connectivity index (χ3v) is 6.81. The van der Waals surface area contributed by atoms with Crippen molar-refractivity contribution in [1.29, 1.82) is 0 Å².